The molecule has 0 radical (unpaired) electrons. The molecule has 2 aliphatic rings. The normalized spacial score (nSPS) is 22.4. The molecule has 8 nitrogen and oxygen atoms in total. The van der Waals surface area contributed by atoms with Crippen LogP contribution in [0.1, 0.15) is 17.9 Å². The third kappa shape index (κ3) is 3.51. The number of aliphatic hydroxyl groups is 1. The Morgan fingerprint density at radius 2 is 2.19 bits per heavy atom. The first-order valence-corrected chi connectivity index (χ1v) is 8.68. The topological polar surface area (TPSA) is 88.9 Å². The van der Waals surface area contributed by atoms with Crippen LogP contribution in [0.15, 0.2) is 30.5 Å². The van der Waals surface area contributed by atoms with E-state index >= 15 is 0 Å². The molecule has 0 spiro atoms. The van der Waals surface area contributed by atoms with Crippen LogP contribution in [0, 0.1) is 0 Å². The van der Waals surface area contributed by atoms with E-state index in [-0.39, 0.29) is 25.2 Å². The molecule has 4 rings (SSSR count). The van der Waals surface area contributed by atoms with E-state index in [2.05, 4.69) is 10.4 Å². The zero-order valence-corrected chi connectivity index (χ0v) is 14.6. The van der Waals surface area contributed by atoms with Gasteiger partial charge in [-0.05, 0) is 30.7 Å². The highest BCUT2D eigenvalue weighted by atomic mass is 16.7. The number of aryl methyl sites for hydroxylation is 1. The summed E-state index contributed by atoms with van der Waals surface area (Å²) in [7, 11) is 1.80. The number of amides is 1. The molecule has 0 bridgehead atoms. The second-order valence-electron chi connectivity index (χ2n) is 6.73. The van der Waals surface area contributed by atoms with Crippen LogP contribution in [0.25, 0.3) is 0 Å². The highest BCUT2D eigenvalue weighted by molar-refractivity contribution is 5.91. The summed E-state index contributed by atoms with van der Waals surface area (Å²) in [6.07, 6.45) is 2.01. The van der Waals surface area contributed by atoms with Crippen molar-refractivity contribution in [3.05, 3.63) is 36.0 Å². The highest BCUT2D eigenvalue weighted by Crippen LogP contribution is 2.37. The molecular formula is C18H22N4O4. The number of rotatable bonds is 4. The van der Waals surface area contributed by atoms with Crippen molar-refractivity contribution in [3.63, 3.8) is 0 Å². The van der Waals surface area contributed by atoms with Crippen LogP contribution in [0.4, 0.5) is 5.82 Å². The minimum Gasteiger partial charge on any atom is -0.454 e. The average Bonchev–Trinajstić information content (AvgIpc) is 3.23. The summed E-state index contributed by atoms with van der Waals surface area (Å²) in [5.41, 5.74) is 1.04. The third-order valence-corrected chi connectivity index (χ3v) is 4.84. The molecule has 3 heterocycles. The van der Waals surface area contributed by atoms with E-state index < -0.39 is 6.10 Å². The van der Waals surface area contributed by atoms with E-state index in [1.807, 2.05) is 23.1 Å². The van der Waals surface area contributed by atoms with Crippen LogP contribution in [0.5, 0.6) is 11.5 Å². The molecule has 8 heteroatoms. The Labute approximate surface area is 151 Å². The predicted octanol–water partition coefficient (Wildman–Crippen LogP) is 0.938. The number of likely N-dealkylation sites (tertiary alicyclic amines) is 1. The van der Waals surface area contributed by atoms with Gasteiger partial charge in [0.2, 0.25) is 12.7 Å². The van der Waals surface area contributed by atoms with Crippen molar-refractivity contribution in [1.29, 1.82) is 0 Å². The van der Waals surface area contributed by atoms with Crippen LogP contribution >= 0.6 is 0 Å². The number of fused-ring (bicyclic) bond motifs is 1. The van der Waals surface area contributed by atoms with Gasteiger partial charge in [0.05, 0.1) is 12.6 Å². The van der Waals surface area contributed by atoms with Crippen LogP contribution in [-0.4, -0.2) is 58.2 Å². The Bertz CT molecular complexity index is 806. The zero-order chi connectivity index (χ0) is 18.1. The Morgan fingerprint density at radius 1 is 1.35 bits per heavy atom. The molecule has 0 aliphatic carbocycles. The Balaban J connectivity index is 1.34. The van der Waals surface area contributed by atoms with Crippen molar-refractivity contribution >= 4 is 11.7 Å². The quantitative estimate of drug-likeness (QED) is 0.846. The summed E-state index contributed by atoms with van der Waals surface area (Å²) in [5, 5.41) is 17.5. The van der Waals surface area contributed by atoms with Crippen molar-refractivity contribution in [2.45, 2.75) is 18.4 Å². The Hall–Kier alpha value is -2.58. The second-order valence-corrected chi connectivity index (χ2v) is 6.73. The summed E-state index contributed by atoms with van der Waals surface area (Å²) in [4.78, 5) is 14.1. The van der Waals surface area contributed by atoms with Gasteiger partial charge in [0.15, 0.2) is 17.3 Å². The van der Waals surface area contributed by atoms with Crippen LogP contribution in [0.3, 0.4) is 0 Å². The molecule has 26 heavy (non-hydrogen) atoms. The number of nitrogens with zero attached hydrogens (tertiary/aromatic N) is 3. The molecule has 1 saturated heterocycles. The average molecular weight is 358 g/mol. The molecule has 2 aliphatic heterocycles. The van der Waals surface area contributed by atoms with Crippen molar-refractivity contribution in [2.24, 2.45) is 7.05 Å². The van der Waals surface area contributed by atoms with Crippen molar-refractivity contribution in [2.75, 3.05) is 31.7 Å². The van der Waals surface area contributed by atoms with E-state index in [9.17, 15) is 9.90 Å². The molecule has 2 atom stereocenters. The van der Waals surface area contributed by atoms with Gasteiger partial charge in [0, 0.05) is 31.8 Å². The summed E-state index contributed by atoms with van der Waals surface area (Å²) in [6.45, 7) is 1.67. The minimum absolute atomic E-state index is 0.0274. The Kier molecular flexibility index (Phi) is 4.52. The molecule has 138 valence electrons. The number of ether oxygens (including phenoxy) is 2. The maximum Gasteiger partial charge on any atom is 0.239 e. The van der Waals surface area contributed by atoms with Crippen molar-refractivity contribution in [1.82, 2.24) is 14.7 Å². The molecule has 1 fully saturated rings. The van der Waals surface area contributed by atoms with Crippen LogP contribution < -0.4 is 14.8 Å². The van der Waals surface area contributed by atoms with Gasteiger partial charge < -0.3 is 19.9 Å². The first-order chi connectivity index (χ1) is 12.6. The molecular weight excluding hydrogens is 336 g/mol. The maximum atomic E-state index is 12.2. The number of hydrogen-bond donors (Lipinski definition) is 2. The van der Waals surface area contributed by atoms with Gasteiger partial charge in [-0.1, -0.05) is 6.07 Å². The number of aliphatic hydroxyl groups excluding tert-OH is 1. The first kappa shape index (κ1) is 16.9. The lowest BCUT2D eigenvalue weighted by atomic mass is 9.87. The second kappa shape index (κ2) is 6.97. The van der Waals surface area contributed by atoms with Gasteiger partial charge in [0.25, 0.3) is 0 Å². The summed E-state index contributed by atoms with van der Waals surface area (Å²) in [5.74, 6) is 1.91. The molecule has 1 amide bonds. The largest absolute Gasteiger partial charge is 0.454 e. The first-order valence-electron chi connectivity index (χ1n) is 8.68. The molecule has 0 saturated carbocycles. The Morgan fingerprint density at radius 3 is 2.96 bits per heavy atom. The van der Waals surface area contributed by atoms with Crippen LogP contribution in [0.2, 0.25) is 0 Å². The lowest BCUT2D eigenvalue weighted by Gasteiger charge is -2.35. The minimum atomic E-state index is -0.535. The predicted molar refractivity (Wildman–Crippen MR) is 94.2 cm³/mol. The standard InChI is InChI=1S/C18H22N4O4/c1-21-6-5-17(20-21)19-18(24)10-22-7-4-13(14(23)9-22)12-2-3-15-16(8-12)26-11-25-15/h2-3,5-6,8,13-14,23H,4,7,9-11H2,1H3,(H,19,20,24)/t13-,14+/m0/s1. The lowest BCUT2D eigenvalue weighted by Crippen LogP contribution is -2.45. The summed E-state index contributed by atoms with van der Waals surface area (Å²) in [6, 6.07) is 7.56. The smallest absolute Gasteiger partial charge is 0.239 e. The molecule has 2 aromatic rings. The van der Waals surface area contributed by atoms with Gasteiger partial charge >= 0.3 is 0 Å². The number of anilines is 1. The zero-order valence-electron chi connectivity index (χ0n) is 14.6. The fourth-order valence-corrected chi connectivity index (χ4v) is 3.54. The summed E-state index contributed by atoms with van der Waals surface area (Å²) < 4.78 is 12.4. The number of β-amino-alcohol motifs (C(OH)–C–C–N with tert-alkyl or cyclic N) is 1. The van der Waals surface area contributed by atoms with Gasteiger partial charge in [-0.25, -0.2) is 0 Å². The molecule has 0 unspecified atom stereocenters. The van der Waals surface area contributed by atoms with Gasteiger partial charge in [-0.15, -0.1) is 0 Å². The fraction of sp³-hybridized carbons (Fsp3) is 0.444. The van der Waals surface area contributed by atoms with E-state index in [1.165, 1.54) is 0 Å². The molecule has 1 aromatic heterocycles. The van der Waals surface area contributed by atoms with Crippen molar-refractivity contribution < 1.29 is 19.4 Å². The van der Waals surface area contributed by atoms with E-state index in [1.54, 1.807) is 24.0 Å². The van der Waals surface area contributed by atoms with E-state index in [4.69, 9.17) is 9.47 Å². The summed E-state index contributed by atoms with van der Waals surface area (Å²) >= 11 is 0. The third-order valence-electron chi connectivity index (χ3n) is 4.84. The van der Waals surface area contributed by atoms with E-state index in [0.717, 1.165) is 30.0 Å². The number of carbonyl (C=O) groups excluding carboxylic acids is 1. The van der Waals surface area contributed by atoms with Gasteiger partial charge in [-0.2, -0.15) is 5.10 Å². The number of aromatic nitrogens is 2. The fourth-order valence-electron chi connectivity index (χ4n) is 3.54. The maximum absolute atomic E-state index is 12.2. The lowest BCUT2D eigenvalue weighted by molar-refractivity contribution is -0.118. The SMILES string of the molecule is Cn1ccc(NC(=O)CN2CC[C@@H](c3ccc4c(c3)OCO4)[C@H](O)C2)n1. The number of benzene rings is 1. The van der Waals surface area contributed by atoms with E-state index in [0.29, 0.717) is 12.4 Å². The number of nitrogens with one attached hydrogen (secondary N) is 1. The number of piperidine rings is 1. The van der Waals surface area contributed by atoms with Crippen molar-refractivity contribution in [3.8, 4) is 11.5 Å². The number of hydrogen-bond acceptors (Lipinski definition) is 6. The number of carbonyl (C=O) groups is 1. The molecule has 2 N–H and O–H groups in total. The van der Waals surface area contributed by atoms with Gasteiger partial charge in [0.1, 0.15) is 0 Å². The monoisotopic (exact) mass is 358 g/mol. The highest BCUT2D eigenvalue weighted by Gasteiger charge is 2.30. The van der Waals surface area contributed by atoms with Gasteiger partial charge in [-0.3, -0.25) is 14.4 Å². The van der Waals surface area contributed by atoms with Crippen LogP contribution in [-0.2, 0) is 11.8 Å². The molecule has 1 aromatic carbocycles.